The molecule has 0 radical (unpaired) electrons. The number of ether oxygens (including phenoxy) is 4. The monoisotopic (exact) mass is 683 g/mol. The third-order valence-corrected chi connectivity index (χ3v) is 7.86. The molecule has 0 bridgehead atoms. The zero-order valence-corrected chi connectivity index (χ0v) is 28.6. The molecule has 0 aliphatic heterocycles. The molecular formula is C34H41N3O10S. The van der Waals surface area contributed by atoms with Crippen LogP contribution in [0.25, 0.3) is 0 Å². The normalized spacial score (nSPS) is 11.9. The highest BCUT2D eigenvalue weighted by molar-refractivity contribution is 7.92. The largest absolute Gasteiger partial charge is 0.492 e. The van der Waals surface area contributed by atoms with Gasteiger partial charge in [-0.3, -0.25) is 9.10 Å². The van der Waals surface area contributed by atoms with Crippen molar-refractivity contribution in [3.8, 4) is 5.75 Å². The Bertz CT molecular complexity index is 1710. The Morgan fingerprint density at radius 3 is 2.21 bits per heavy atom. The molecule has 258 valence electrons. The van der Waals surface area contributed by atoms with Crippen LogP contribution in [0.15, 0.2) is 72.8 Å². The van der Waals surface area contributed by atoms with Crippen molar-refractivity contribution in [3.05, 3.63) is 95.1 Å². The lowest BCUT2D eigenvalue weighted by Crippen LogP contribution is -2.43. The summed E-state index contributed by atoms with van der Waals surface area (Å²) in [6.07, 6.45) is 0.428. The number of hydrogen-bond acceptors (Lipinski definition) is 10. The number of methoxy groups -OCH3 is 1. The third kappa shape index (κ3) is 11.9. The molecule has 13 nitrogen and oxygen atoms in total. The van der Waals surface area contributed by atoms with E-state index in [0.29, 0.717) is 11.3 Å². The molecule has 0 heterocycles. The minimum absolute atomic E-state index is 0.0146. The van der Waals surface area contributed by atoms with Gasteiger partial charge in [0.1, 0.15) is 30.6 Å². The van der Waals surface area contributed by atoms with E-state index < -0.39 is 45.6 Å². The van der Waals surface area contributed by atoms with Gasteiger partial charge in [0.05, 0.1) is 31.2 Å². The van der Waals surface area contributed by atoms with E-state index in [1.165, 1.54) is 32.4 Å². The third-order valence-electron chi connectivity index (χ3n) is 6.66. The van der Waals surface area contributed by atoms with Crippen LogP contribution in [-0.2, 0) is 42.1 Å². The summed E-state index contributed by atoms with van der Waals surface area (Å²) in [5, 5.41) is 5.23. The fourth-order valence-electron chi connectivity index (χ4n) is 4.25. The van der Waals surface area contributed by atoms with Gasteiger partial charge in [0.2, 0.25) is 10.0 Å². The van der Waals surface area contributed by atoms with Crippen molar-refractivity contribution >= 4 is 39.6 Å². The van der Waals surface area contributed by atoms with Crippen LogP contribution in [-0.4, -0.2) is 77.6 Å². The van der Waals surface area contributed by atoms with Gasteiger partial charge in [0.15, 0.2) is 0 Å². The van der Waals surface area contributed by atoms with Crippen molar-refractivity contribution in [1.29, 1.82) is 0 Å². The van der Waals surface area contributed by atoms with Gasteiger partial charge in [-0.15, -0.1) is 0 Å². The first kappa shape index (κ1) is 37.3. The Kier molecular flexibility index (Phi) is 12.9. The summed E-state index contributed by atoms with van der Waals surface area (Å²) in [4.78, 5) is 51.1. The molecule has 0 aromatic heterocycles. The van der Waals surface area contributed by atoms with E-state index in [4.69, 9.17) is 18.9 Å². The van der Waals surface area contributed by atoms with Crippen LogP contribution in [0.2, 0.25) is 0 Å². The van der Waals surface area contributed by atoms with Crippen molar-refractivity contribution in [2.75, 3.05) is 37.9 Å². The summed E-state index contributed by atoms with van der Waals surface area (Å²) in [6.45, 7) is 5.57. The number of carbonyl (C=O) groups excluding carboxylic acids is 4. The van der Waals surface area contributed by atoms with Crippen LogP contribution in [0, 0.1) is 0 Å². The average Bonchev–Trinajstić information content (AvgIpc) is 3.03. The van der Waals surface area contributed by atoms with E-state index in [-0.39, 0.29) is 43.0 Å². The summed E-state index contributed by atoms with van der Waals surface area (Å²) in [7, 11) is -1.30. The average molecular weight is 684 g/mol. The fraction of sp³-hybridized carbons (Fsp3) is 0.353. The highest BCUT2D eigenvalue weighted by Gasteiger charge is 2.25. The molecule has 0 aliphatic carbocycles. The first-order chi connectivity index (χ1) is 22.6. The molecule has 3 aromatic carbocycles. The van der Waals surface area contributed by atoms with Crippen LogP contribution in [0.4, 0.5) is 10.5 Å². The molecule has 2 amide bonds. The molecule has 2 N–H and O–H groups in total. The molecule has 3 rings (SSSR count). The Morgan fingerprint density at radius 2 is 1.56 bits per heavy atom. The summed E-state index contributed by atoms with van der Waals surface area (Å²) < 4.78 is 46.8. The van der Waals surface area contributed by atoms with Crippen molar-refractivity contribution in [2.24, 2.45) is 0 Å². The maximum atomic E-state index is 13.5. The molecule has 3 aromatic rings. The molecule has 0 spiro atoms. The topological polar surface area (TPSA) is 167 Å². The second-order valence-electron chi connectivity index (χ2n) is 11.7. The number of nitrogens with zero attached hydrogens (tertiary/aromatic N) is 1. The first-order valence-corrected chi connectivity index (χ1v) is 16.8. The van der Waals surface area contributed by atoms with Crippen LogP contribution < -0.4 is 19.7 Å². The lowest BCUT2D eigenvalue weighted by atomic mass is 10.0. The Balaban J connectivity index is 1.76. The summed E-state index contributed by atoms with van der Waals surface area (Å²) in [6, 6.07) is 18.5. The maximum absolute atomic E-state index is 13.5. The number of carbonyl (C=O) groups is 4. The summed E-state index contributed by atoms with van der Waals surface area (Å²) >= 11 is 0. The van der Waals surface area contributed by atoms with E-state index in [1.54, 1.807) is 69.3 Å². The molecule has 48 heavy (non-hydrogen) atoms. The van der Waals surface area contributed by atoms with E-state index in [2.05, 4.69) is 10.6 Å². The number of sulfonamides is 1. The number of hydrogen-bond donors (Lipinski definition) is 2. The molecule has 14 heteroatoms. The zero-order valence-electron chi connectivity index (χ0n) is 27.8. The van der Waals surface area contributed by atoms with E-state index in [0.717, 1.165) is 16.1 Å². The van der Waals surface area contributed by atoms with Crippen LogP contribution in [0.3, 0.4) is 0 Å². The van der Waals surface area contributed by atoms with E-state index in [9.17, 15) is 27.6 Å². The fourth-order valence-corrected chi connectivity index (χ4v) is 4.74. The van der Waals surface area contributed by atoms with Crippen molar-refractivity contribution in [1.82, 2.24) is 10.6 Å². The zero-order chi connectivity index (χ0) is 35.5. The van der Waals surface area contributed by atoms with Gasteiger partial charge >= 0.3 is 18.0 Å². The van der Waals surface area contributed by atoms with Crippen molar-refractivity contribution in [2.45, 2.75) is 45.4 Å². The van der Waals surface area contributed by atoms with Crippen molar-refractivity contribution in [3.63, 3.8) is 0 Å². The lowest BCUT2D eigenvalue weighted by molar-refractivity contribution is -0.142. The van der Waals surface area contributed by atoms with Gasteiger partial charge in [-0.1, -0.05) is 42.5 Å². The standard InChI is InChI=1S/C34H41N3O10S/c1-34(2,3)47-33(41)35-15-16-45-28-14-10-13-24(17-28)18-29(32(40)44-5)36-30(38)25-19-26(21-27(20-25)37(4)48(6,42)43)31(39)46-22-23-11-8-7-9-12-23/h7-14,17,19-21,29H,15-16,18,22H2,1-6H3,(H,35,41)(H,36,38)/t29-/m0/s1. The summed E-state index contributed by atoms with van der Waals surface area (Å²) in [5.74, 6) is -1.81. The van der Waals surface area contributed by atoms with Crippen molar-refractivity contribution < 1.29 is 46.5 Å². The van der Waals surface area contributed by atoms with E-state index >= 15 is 0 Å². The maximum Gasteiger partial charge on any atom is 0.407 e. The van der Waals surface area contributed by atoms with Crippen LogP contribution in [0.1, 0.15) is 52.6 Å². The second kappa shape index (κ2) is 16.6. The lowest BCUT2D eigenvalue weighted by Gasteiger charge is -2.20. The number of nitrogens with one attached hydrogen (secondary N) is 2. The predicted octanol–water partition coefficient (Wildman–Crippen LogP) is 3.86. The van der Waals surface area contributed by atoms with Gasteiger partial charge in [-0.2, -0.15) is 0 Å². The molecule has 0 aliphatic rings. The minimum Gasteiger partial charge on any atom is -0.492 e. The van der Waals surface area contributed by atoms with Gasteiger partial charge in [-0.05, 0) is 62.2 Å². The summed E-state index contributed by atoms with van der Waals surface area (Å²) in [5.41, 5.74) is 0.622. The smallest absolute Gasteiger partial charge is 0.407 e. The molecular weight excluding hydrogens is 642 g/mol. The molecule has 0 unspecified atom stereocenters. The van der Waals surface area contributed by atoms with Crippen LogP contribution >= 0.6 is 0 Å². The predicted molar refractivity (Wildman–Crippen MR) is 178 cm³/mol. The van der Waals surface area contributed by atoms with Gasteiger partial charge < -0.3 is 29.6 Å². The number of alkyl carbamates (subject to hydrolysis) is 1. The van der Waals surface area contributed by atoms with Gasteiger partial charge in [0, 0.05) is 19.0 Å². The SMILES string of the molecule is COC(=O)[C@H](Cc1cccc(OCCNC(=O)OC(C)(C)C)c1)NC(=O)c1cc(C(=O)OCc2ccccc2)cc(N(C)S(C)(=O)=O)c1. The highest BCUT2D eigenvalue weighted by atomic mass is 32.2. The highest BCUT2D eigenvalue weighted by Crippen LogP contribution is 2.22. The second-order valence-corrected chi connectivity index (χ2v) is 13.8. The quantitative estimate of drug-likeness (QED) is 0.145. The number of rotatable bonds is 14. The number of anilines is 1. The number of esters is 2. The molecule has 0 fully saturated rings. The van der Waals surface area contributed by atoms with Crippen LogP contribution in [0.5, 0.6) is 5.75 Å². The minimum atomic E-state index is -3.76. The molecule has 0 saturated heterocycles. The van der Waals surface area contributed by atoms with E-state index in [1.807, 2.05) is 6.07 Å². The molecule has 0 saturated carbocycles. The first-order valence-electron chi connectivity index (χ1n) is 14.9. The Labute approximate surface area is 280 Å². The van der Waals surface area contributed by atoms with Gasteiger partial charge in [-0.25, -0.2) is 22.8 Å². The number of benzene rings is 3. The Morgan fingerprint density at radius 1 is 0.896 bits per heavy atom. The van der Waals surface area contributed by atoms with Gasteiger partial charge in [0.25, 0.3) is 5.91 Å². The molecule has 1 atom stereocenters. The number of amides is 2. The Hall–Kier alpha value is -5.11.